The molecule has 4 nitrogen and oxygen atoms in total. The number of nitrogen functional groups attached to an aromatic ring is 1. The van der Waals surface area contributed by atoms with Crippen LogP contribution in [0.1, 0.15) is 25.7 Å². The Morgan fingerprint density at radius 3 is 2.50 bits per heavy atom. The average molecular weight is 243 g/mol. The van der Waals surface area contributed by atoms with Crippen LogP contribution in [-0.4, -0.2) is 16.3 Å². The molecule has 1 heterocycles. The third kappa shape index (κ3) is 2.18. The van der Waals surface area contributed by atoms with E-state index in [9.17, 15) is 0 Å². The molecule has 0 atom stereocenters. The Morgan fingerprint density at radius 2 is 1.89 bits per heavy atom. The summed E-state index contributed by atoms with van der Waals surface area (Å²) in [6.07, 6.45) is 7.06. The maximum Gasteiger partial charge on any atom is 0.126 e. The van der Waals surface area contributed by atoms with Crippen LogP contribution in [-0.2, 0) is 0 Å². The van der Waals surface area contributed by atoms with Crippen LogP contribution in [0.4, 0.5) is 5.82 Å². The molecule has 4 heteroatoms. The minimum Gasteiger partial charge on any atom is -0.490 e. The molecule has 1 aromatic carbocycles. The first kappa shape index (κ1) is 11.1. The van der Waals surface area contributed by atoms with Crippen LogP contribution in [0.2, 0.25) is 0 Å². The minimum absolute atomic E-state index is 0.398. The molecule has 3 N–H and O–H groups in total. The molecule has 0 amide bonds. The van der Waals surface area contributed by atoms with Crippen molar-refractivity contribution in [3.8, 4) is 16.9 Å². The summed E-state index contributed by atoms with van der Waals surface area (Å²) < 4.78 is 5.92. The Balaban J connectivity index is 1.74. The van der Waals surface area contributed by atoms with Crippen LogP contribution >= 0.6 is 0 Å². The summed E-state index contributed by atoms with van der Waals surface area (Å²) in [5.41, 5.74) is 7.78. The van der Waals surface area contributed by atoms with Gasteiger partial charge in [-0.05, 0) is 43.4 Å². The van der Waals surface area contributed by atoms with Crippen molar-refractivity contribution in [3.63, 3.8) is 0 Å². The average Bonchev–Trinajstić information content (AvgIpc) is 3.02. The SMILES string of the molecule is Nc1[nH]ncc1-c1ccc(OC2CCCC2)cc1. The quantitative estimate of drug-likeness (QED) is 0.871. The van der Waals surface area contributed by atoms with Crippen LogP contribution in [0.5, 0.6) is 5.75 Å². The monoisotopic (exact) mass is 243 g/mol. The van der Waals surface area contributed by atoms with Gasteiger partial charge in [-0.3, -0.25) is 5.10 Å². The Morgan fingerprint density at radius 1 is 1.17 bits per heavy atom. The smallest absolute Gasteiger partial charge is 0.126 e. The second-order valence-corrected chi connectivity index (χ2v) is 4.75. The number of nitrogens with zero attached hydrogens (tertiary/aromatic N) is 1. The highest BCUT2D eigenvalue weighted by Gasteiger charge is 2.16. The number of aromatic amines is 1. The predicted molar refractivity (Wildman–Crippen MR) is 71.3 cm³/mol. The molecule has 1 saturated carbocycles. The van der Waals surface area contributed by atoms with Gasteiger partial charge in [0, 0.05) is 5.56 Å². The molecule has 0 bridgehead atoms. The van der Waals surface area contributed by atoms with Crippen molar-refractivity contribution in [2.75, 3.05) is 5.73 Å². The maximum atomic E-state index is 5.92. The molecule has 3 rings (SSSR count). The van der Waals surface area contributed by atoms with Crippen LogP contribution in [0.3, 0.4) is 0 Å². The molecule has 1 aliphatic carbocycles. The fourth-order valence-electron chi connectivity index (χ4n) is 2.44. The number of ether oxygens (including phenoxy) is 1. The van der Waals surface area contributed by atoms with E-state index >= 15 is 0 Å². The molecule has 0 spiro atoms. The van der Waals surface area contributed by atoms with E-state index in [4.69, 9.17) is 10.5 Å². The number of rotatable bonds is 3. The molecule has 0 unspecified atom stereocenters. The number of anilines is 1. The number of H-pyrrole nitrogens is 1. The Hall–Kier alpha value is -1.97. The summed E-state index contributed by atoms with van der Waals surface area (Å²) in [5.74, 6) is 1.53. The van der Waals surface area contributed by atoms with E-state index in [0.717, 1.165) is 16.9 Å². The van der Waals surface area contributed by atoms with Crippen LogP contribution in [0.25, 0.3) is 11.1 Å². The van der Waals surface area contributed by atoms with Gasteiger partial charge < -0.3 is 10.5 Å². The van der Waals surface area contributed by atoms with Crippen molar-refractivity contribution in [1.82, 2.24) is 10.2 Å². The molecule has 18 heavy (non-hydrogen) atoms. The van der Waals surface area contributed by atoms with Gasteiger partial charge in [0.15, 0.2) is 0 Å². The lowest BCUT2D eigenvalue weighted by atomic mass is 10.1. The number of hydrogen-bond donors (Lipinski definition) is 2. The van der Waals surface area contributed by atoms with Gasteiger partial charge in [0.2, 0.25) is 0 Å². The summed E-state index contributed by atoms with van der Waals surface area (Å²) in [6, 6.07) is 8.04. The van der Waals surface area contributed by atoms with E-state index in [1.54, 1.807) is 6.20 Å². The topological polar surface area (TPSA) is 63.9 Å². The molecule has 2 aromatic rings. The van der Waals surface area contributed by atoms with Crippen molar-refractivity contribution >= 4 is 5.82 Å². The number of benzene rings is 1. The van der Waals surface area contributed by atoms with Crippen molar-refractivity contribution in [2.45, 2.75) is 31.8 Å². The zero-order valence-corrected chi connectivity index (χ0v) is 10.2. The first-order chi connectivity index (χ1) is 8.83. The molecular weight excluding hydrogens is 226 g/mol. The summed E-state index contributed by atoms with van der Waals surface area (Å²) in [6.45, 7) is 0. The first-order valence-electron chi connectivity index (χ1n) is 6.39. The normalized spacial score (nSPS) is 16.0. The number of hydrogen-bond acceptors (Lipinski definition) is 3. The van der Waals surface area contributed by atoms with Crippen molar-refractivity contribution in [3.05, 3.63) is 30.5 Å². The zero-order chi connectivity index (χ0) is 12.4. The highest BCUT2D eigenvalue weighted by Crippen LogP contribution is 2.28. The van der Waals surface area contributed by atoms with Crippen molar-refractivity contribution in [2.24, 2.45) is 0 Å². The molecule has 94 valence electrons. The summed E-state index contributed by atoms with van der Waals surface area (Å²) in [5, 5.41) is 6.66. The minimum atomic E-state index is 0.398. The number of nitrogens with two attached hydrogens (primary N) is 1. The van der Waals surface area contributed by atoms with Gasteiger partial charge >= 0.3 is 0 Å². The largest absolute Gasteiger partial charge is 0.490 e. The van der Waals surface area contributed by atoms with Gasteiger partial charge in [0.05, 0.1) is 12.3 Å². The van der Waals surface area contributed by atoms with Gasteiger partial charge in [0.25, 0.3) is 0 Å². The standard InChI is InChI=1S/C14H17N3O/c15-14-13(9-16-17-14)10-5-7-12(8-6-10)18-11-3-1-2-4-11/h5-9,11H,1-4H2,(H3,15,16,17). The number of aromatic nitrogens is 2. The molecular formula is C14H17N3O. The third-order valence-corrected chi connectivity index (χ3v) is 3.44. The molecule has 1 aliphatic rings. The second kappa shape index (κ2) is 4.72. The maximum absolute atomic E-state index is 5.92. The van der Waals surface area contributed by atoms with Crippen molar-refractivity contribution in [1.29, 1.82) is 0 Å². The van der Waals surface area contributed by atoms with Gasteiger partial charge in [-0.1, -0.05) is 12.1 Å². The first-order valence-corrected chi connectivity index (χ1v) is 6.39. The Bertz CT molecular complexity index is 512. The number of nitrogens with one attached hydrogen (secondary N) is 1. The predicted octanol–water partition coefficient (Wildman–Crippen LogP) is 2.98. The third-order valence-electron chi connectivity index (χ3n) is 3.44. The van der Waals surface area contributed by atoms with E-state index in [1.807, 2.05) is 24.3 Å². The van der Waals surface area contributed by atoms with E-state index < -0.39 is 0 Å². The Labute approximate surface area is 106 Å². The highest BCUT2D eigenvalue weighted by atomic mass is 16.5. The van der Waals surface area contributed by atoms with Crippen LogP contribution in [0.15, 0.2) is 30.5 Å². The van der Waals surface area contributed by atoms with Gasteiger partial charge in [-0.25, -0.2) is 0 Å². The lowest BCUT2D eigenvalue weighted by molar-refractivity contribution is 0.210. The van der Waals surface area contributed by atoms with Gasteiger partial charge in [-0.15, -0.1) is 0 Å². The lowest BCUT2D eigenvalue weighted by Crippen LogP contribution is -2.10. The molecule has 1 aromatic heterocycles. The van der Waals surface area contributed by atoms with Gasteiger partial charge in [0.1, 0.15) is 11.6 Å². The molecule has 0 saturated heterocycles. The van der Waals surface area contributed by atoms with Gasteiger partial charge in [-0.2, -0.15) is 5.10 Å². The van der Waals surface area contributed by atoms with Crippen LogP contribution in [0, 0.1) is 0 Å². The van der Waals surface area contributed by atoms with E-state index in [0.29, 0.717) is 11.9 Å². The molecule has 0 aliphatic heterocycles. The fourth-order valence-corrected chi connectivity index (χ4v) is 2.44. The van der Waals surface area contributed by atoms with Crippen LogP contribution < -0.4 is 10.5 Å². The summed E-state index contributed by atoms with van der Waals surface area (Å²) in [4.78, 5) is 0. The molecule has 0 radical (unpaired) electrons. The summed E-state index contributed by atoms with van der Waals surface area (Å²) in [7, 11) is 0. The lowest BCUT2D eigenvalue weighted by Gasteiger charge is -2.13. The second-order valence-electron chi connectivity index (χ2n) is 4.75. The molecule has 1 fully saturated rings. The fraction of sp³-hybridized carbons (Fsp3) is 0.357. The summed E-state index contributed by atoms with van der Waals surface area (Å²) >= 11 is 0. The van der Waals surface area contributed by atoms with Crippen molar-refractivity contribution < 1.29 is 4.74 Å². The van der Waals surface area contributed by atoms with E-state index in [2.05, 4.69) is 10.2 Å². The van der Waals surface area contributed by atoms with E-state index in [-0.39, 0.29) is 0 Å². The zero-order valence-electron chi connectivity index (χ0n) is 10.2. The highest BCUT2D eigenvalue weighted by molar-refractivity contribution is 5.73. The van der Waals surface area contributed by atoms with E-state index in [1.165, 1.54) is 25.7 Å². The Kier molecular flexibility index (Phi) is 2.92.